The van der Waals surface area contributed by atoms with E-state index in [4.69, 9.17) is 5.11 Å². The molecule has 1 N–H and O–H groups in total. The van der Waals surface area contributed by atoms with Gasteiger partial charge in [0.15, 0.2) is 0 Å². The Morgan fingerprint density at radius 2 is 2.21 bits per heavy atom. The highest BCUT2D eigenvalue weighted by Crippen LogP contribution is 2.50. The van der Waals surface area contributed by atoms with Crippen LogP contribution in [0.4, 0.5) is 0 Å². The van der Waals surface area contributed by atoms with Crippen LogP contribution in [0.2, 0.25) is 0 Å². The molecular formula is C11H19NO2. The van der Waals surface area contributed by atoms with Gasteiger partial charge in [-0.2, -0.15) is 0 Å². The second-order valence-electron chi connectivity index (χ2n) is 5.06. The minimum atomic E-state index is -0.640. The molecule has 2 fully saturated rings. The number of carbonyl (C=O) groups is 1. The molecule has 0 aromatic rings. The van der Waals surface area contributed by atoms with Crippen LogP contribution in [-0.4, -0.2) is 34.6 Å². The van der Waals surface area contributed by atoms with E-state index in [0.717, 1.165) is 19.4 Å². The van der Waals surface area contributed by atoms with Crippen molar-refractivity contribution in [2.75, 3.05) is 6.54 Å². The fourth-order valence-electron chi connectivity index (χ4n) is 2.53. The molecule has 1 aliphatic heterocycles. The van der Waals surface area contributed by atoms with E-state index in [9.17, 15) is 4.79 Å². The number of carboxylic acids is 1. The summed E-state index contributed by atoms with van der Waals surface area (Å²) >= 11 is 0. The Morgan fingerprint density at radius 3 is 2.71 bits per heavy atom. The lowest BCUT2D eigenvalue weighted by Gasteiger charge is -2.32. The molecule has 2 rings (SSSR count). The van der Waals surface area contributed by atoms with Crippen LogP contribution in [0.5, 0.6) is 0 Å². The van der Waals surface area contributed by atoms with Crippen LogP contribution in [0.1, 0.15) is 39.5 Å². The SMILES string of the molecule is CC(N1CCCC1C(=O)O)C1(C)CC1. The standard InChI is InChI=1S/C11H19NO2/c1-8(11(2)5-6-11)12-7-3-4-9(12)10(13)14/h8-9H,3-7H2,1-2H3,(H,13,14). The smallest absolute Gasteiger partial charge is 0.320 e. The van der Waals surface area contributed by atoms with Gasteiger partial charge in [0.05, 0.1) is 0 Å². The van der Waals surface area contributed by atoms with E-state index in [1.807, 2.05) is 0 Å². The van der Waals surface area contributed by atoms with Gasteiger partial charge in [0.2, 0.25) is 0 Å². The third-order valence-corrected chi connectivity index (χ3v) is 4.12. The van der Waals surface area contributed by atoms with Crippen molar-refractivity contribution in [3.05, 3.63) is 0 Å². The van der Waals surface area contributed by atoms with Gasteiger partial charge in [0.1, 0.15) is 6.04 Å². The summed E-state index contributed by atoms with van der Waals surface area (Å²) in [7, 11) is 0. The molecule has 0 aromatic heterocycles. The predicted molar refractivity (Wildman–Crippen MR) is 54.2 cm³/mol. The molecule has 3 nitrogen and oxygen atoms in total. The van der Waals surface area contributed by atoms with Crippen molar-refractivity contribution in [3.63, 3.8) is 0 Å². The summed E-state index contributed by atoms with van der Waals surface area (Å²) in [4.78, 5) is 13.2. The number of hydrogen-bond donors (Lipinski definition) is 1. The molecule has 3 heteroatoms. The maximum atomic E-state index is 11.0. The third-order valence-electron chi connectivity index (χ3n) is 4.12. The molecule has 1 heterocycles. The van der Waals surface area contributed by atoms with Gasteiger partial charge in [-0.05, 0) is 44.6 Å². The van der Waals surface area contributed by atoms with Crippen molar-refractivity contribution in [1.82, 2.24) is 4.90 Å². The van der Waals surface area contributed by atoms with Gasteiger partial charge < -0.3 is 5.11 Å². The van der Waals surface area contributed by atoms with Crippen molar-refractivity contribution in [2.45, 2.75) is 51.6 Å². The topological polar surface area (TPSA) is 40.5 Å². The zero-order valence-electron chi connectivity index (χ0n) is 8.99. The number of nitrogens with zero attached hydrogens (tertiary/aromatic N) is 1. The molecular weight excluding hydrogens is 178 g/mol. The van der Waals surface area contributed by atoms with E-state index in [2.05, 4.69) is 18.7 Å². The van der Waals surface area contributed by atoms with Gasteiger partial charge in [0.25, 0.3) is 0 Å². The maximum Gasteiger partial charge on any atom is 0.320 e. The molecule has 1 saturated heterocycles. The van der Waals surface area contributed by atoms with Gasteiger partial charge in [0, 0.05) is 6.04 Å². The fourth-order valence-corrected chi connectivity index (χ4v) is 2.53. The normalized spacial score (nSPS) is 32.9. The van der Waals surface area contributed by atoms with E-state index in [1.54, 1.807) is 0 Å². The molecule has 0 spiro atoms. The lowest BCUT2D eigenvalue weighted by atomic mass is 9.98. The predicted octanol–water partition coefficient (Wildman–Crippen LogP) is 1.72. The van der Waals surface area contributed by atoms with Gasteiger partial charge in [-0.25, -0.2) is 0 Å². The molecule has 1 aliphatic carbocycles. The van der Waals surface area contributed by atoms with Crippen LogP contribution in [0.15, 0.2) is 0 Å². The van der Waals surface area contributed by atoms with Crippen LogP contribution >= 0.6 is 0 Å². The molecule has 80 valence electrons. The summed E-state index contributed by atoms with van der Waals surface area (Å²) in [6.07, 6.45) is 4.39. The zero-order chi connectivity index (χ0) is 10.3. The van der Waals surface area contributed by atoms with Crippen LogP contribution in [0, 0.1) is 5.41 Å². The highest BCUT2D eigenvalue weighted by Gasteiger charge is 2.48. The van der Waals surface area contributed by atoms with Gasteiger partial charge in [-0.15, -0.1) is 0 Å². The van der Waals surface area contributed by atoms with Gasteiger partial charge >= 0.3 is 5.97 Å². The zero-order valence-corrected chi connectivity index (χ0v) is 8.99. The van der Waals surface area contributed by atoms with Gasteiger partial charge in [-0.1, -0.05) is 6.92 Å². The average molecular weight is 197 g/mol. The third kappa shape index (κ3) is 1.54. The Balaban J connectivity index is 2.05. The molecule has 0 bridgehead atoms. The van der Waals surface area contributed by atoms with Crippen molar-refractivity contribution in [1.29, 1.82) is 0 Å². The molecule has 0 amide bonds. The lowest BCUT2D eigenvalue weighted by Crippen LogP contribution is -2.45. The molecule has 2 unspecified atom stereocenters. The second kappa shape index (κ2) is 3.23. The Bertz CT molecular complexity index is 248. The summed E-state index contributed by atoms with van der Waals surface area (Å²) in [5, 5.41) is 9.08. The quantitative estimate of drug-likeness (QED) is 0.749. The van der Waals surface area contributed by atoms with Crippen molar-refractivity contribution < 1.29 is 9.90 Å². The van der Waals surface area contributed by atoms with Crippen molar-refractivity contribution in [3.8, 4) is 0 Å². The van der Waals surface area contributed by atoms with Crippen LogP contribution in [0.25, 0.3) is 0 Å². The van der Waals surface area contributed by atoms with E-state index in [1.165, 1.54) is 12.8 Å². The number of likely N-dealkylation sites (tertiary alicyclic amines) is 1. The molecule has 2 aliphatic rings. The van der Waals surface area contributed by atoms with E-state index in [-0.39, 0.29) is 6.04 Å². The Labute approximate surface area is 85.1 Å². The van der Waals surface area contributed by atoms with Crippen LogP contribution in [-0.2, 0) is 4.79 Å². The number of hydrogen-bond acceptors (Lipinski definition) is 2. The molecule has 0 radical (unpaired) electrons. The summed E-state index contributed by atoms with van der Waals surface area (Å²) in [6.45, 7) is 5.43. The Morgan fingerprint density at radius 1 is 1.57 bits per heavy atom. The first-order chi connectivity index (χ1) is 6.54. The van der Waals surface area contributed by atoms with E-state index in [0.29, 0.717) is 11.5 Å². The summed E-state index contributed by atoms with van der Waals surface area (Å²) in [5.74, 6) is -0.640. The maximum absolute atomic E-state index is 11.0. The first-order valence-corrected chi connectivity index (χ1v) is 5.53. The van der Waals surface area contributed by atoms with Crippen LogP contribution in [0.3, 0.4) is 0 Å². The monoisotopic (exact) mass is 197 g/mol. The first-order valence-electron chi connectivity index (χ1n) is 5.53. The second-order valence-corrected chi connectivity index (χ2v) is 5.06. The molecule has 0 aromatic carbocycles. The van der Waals surface area contributed by atoms with Crippen molar-refractivity contribution in [2.24, 2.45) is 5.41 Å². The van der Waals surface area contributed by atoms with E-state index < -0.39 is 5.97 Å². The summed E-state index contributed by atoms with van der Waals surface area (Å²) in [5.41, 5.74) is 0.401. The summed E-state index contributed by atoms with van der Waals surface area (Å²) in [6, 6.07) is 0.216. The number of rotatable bonds is 3. The Hall–Kier alpha value is -0.570. The average Bonchev–Trinajstić information content (AvgIpc) is 2.69. The highest BCUT2D eigenvalue weighted by molar-refractivity contribution is 5.73. The largest absolute Gasteiger partial charge is 0.480 e. The molecule has 14 heavy (non-hydrogen) atoms. The summed E-state index contributed by atoms with van der Waals surface area (Å²) < 4.78 is 0. The van der Waals surface area contributed by atoms with Crippen molar-refractivity contribution >= 4 is 5.97 Å². The van der Waals surface area contributed by atoms with Gasteiger partial charge in [-0.3, -0.25) is 9.69 Å². The first kappa shape index (κ1) is 9.97. The number of carboxylic acid groups (broad SMARTS) is 1. The highest BCUT2D eigenvalue weighted by atomic mass is 16.4. The fraction of sp³-hybridized carbons (Fsp3) is 0.909. The minimum Gasteiger partial charge on any atom is -0.480 e. The Kier molecular flexibility index (Phi) is 2.30. The minimum absolute atomic E-state index is 0.220. The van der Waals surface area contributed by atoms with E-state index >= 15 is 0 Å². The van der Waals surface area contributed by atoms with Crippen LogP contribution < -0.4 is 0 Å². The molecule has 1 saturated carbocycles. The molecule has 2 atom stereocenters. The lowest BCUT2D eigenvalue weighted by molar-refractivity contribution is -0.143. The number of aliphatic carboxylic acids is 1.